The molecule has 2 atom stereocenters. The van der Waals surface area contributed by atoms with Gasteiger partial charge in [-0.05, 0) is 45.3 Å². The first kappa shape index (κ1) is 18.1. The molecule has 0 aliphatic carbocycles. The van der Waals surface area contributed by atoms with Crippen LogP contribution in [0.5, 0.6) is 5.75 Å². The summed E-state index contributed by atoms with van der Waals surface area (Å²) in [6.45, 7) is 0.441. The van der Waals surface area contributed by atoms with Gasteiger partial charge in [-0.1, -0.05) is 30.3 Å². The van der Waals surface area contributed by atoms with Crippen molar-refractivity contribution in [3.63, 3.8) is 0 Å². The van der Waals surface area contributed by atoms with Crippen molar-refractivity contribution in [3.8, 4) is 5.75 Å². The van der Waals surface area contributed by atoms with Gasteiger partial charge in [-0.25, -0.2) is 5.43 Å². The Bertz CT molecular complexity index is 839. The summed E-state index contributed by atoms with van der Waals surface area (Å²) in [4.78, 5) is 24.6. The average Bonchev–Trinajstić information content (AvgIpc) is 3.04. The standard InChI is InChI=1S/C19H18BrN3O3/c1-26-16-8-7-12(9-15(16)20)10-22-23-19(25)17-14(11-21-18(17)24)13-5-3-2-4-6-13/h2-10,14,17H,11H2,1H3,(H,21,24)(H,23,25)/t14-,17+/m1/s1. The Kier molecular flexibility index (Phi) is 5.68. The van der Waals surface area contributed by atoms with Crippen LogP contribution in [0.15, 0.2) is 58.1 Å². The Morgan fingerprint density at radius 3 is 2.77 bits per heavy atom. The van der Waals surface area contributed by atoms with Crippen LogP contribution in [0, 0.1) is 5.92 Å². The molecular formula is C19H18BrN3O3. The van der Waals surface area contributed by atoms with Crippen LogP contribution < -0.4 is 15.5 Å². The SMILES string of the molecule is COc1ccc(C=NNC(=O)[C@@H]2C(=O)NC[C@@H]2c2ccccc2)cc1Br. The van der Waals surface area contributed by atoms with Crippen molar-refractivity contribution in [2.75, 3.05) is 13.7 Å². The van der Waals surface area contributed by atoms with Crippen molar-refractivity contribution in [2.45, 2.75) is 5.92 Å². The van der Waals surface area contributed by atoms with Gasteiger partial charge in [0.25, 0.3) is 5.91 Å². The summed E-state index contributed by atoms with van der Waals surface area (Å²) in [7, 11) is 1.59. The number of carbonyl (C=O) groups excluding carboxylic acids is 2. The number of nitrogens with zero attached hydrogens (tertiary/aromatic N) is 1. The minimum absolute atomic E-state index is 0.200. The Labute approximate surface area is 159 Å². The molecule has 0 aromatic heterocycles. The Hall–Kier alpha value is -2.67. The molecule has 2 aromatic carbocycles. The van der Waals surface area contributed by atoms with Gasteiger partial charge in [0.2, 0.25) is 5.91 Å². The Morgan fingerprint density at radius 2 is 2.08 bits per heavy atom. The lowest BCUT2D eigenvalue weighted by atomic mass is 9.88. The fraction of sp³-hybridized carbons (Fsp3) is 0.211. The van der Waals surface area contributed by atoms with E-state index in [0.29, 0.717) is 12.3 Å². The molecule has 1 aliphatic rings. The van der Waals surface area contributed by atoms with Crippen molar-refractivity contribution in [3.05, 3.63) is 64.1 Å². The van der Waals surface area contributed by atoms with Gasteiger partial charge in [0.15, 0.2) is 0 Å². The Balaban J connectivity index is 1.68. The second kappa shape index (κ2) is 8.14. The highest BCUT2D eigenvalue weighted by atomic mass is 79.9. The highest BCUT2D eigenvalue weighted by Crippen LogP contribution is 2.29. The number of ether oxygens (including phenoxy) is 1. The molecule has 1 heterocycles. The number of hydrazone groups is 1. The molecule has 134 valence electrons. The van der Waals surface area contributed by atoms with Gasteiger partial charge < -0.3 is 10.1 Å². The van der Waals surface area contributed by atoms with Gasteiger partial charge in [-0.2, -0.15) is 5.10 Å². The lowest BCUT2D eigenvalue weighted by molar-refractivity contribution is -0.133. The van der Waals surface area contributed by atoms with Crippen molar-refractivity contribution in [1.29, 1.82) is 0 Å². The molecule has 6 nitrogen and oxygen atoms in total. The van der Waals surface area contributed by atoms with Crippen LogP contribution in [-0.4, -0.2) is 31.7 Å². The van der Waals surface area contributed by atoms with Crippen LogP contribution in [0.25, 0.3) is 0 Å². The van der Waals surface area contributed by atoms with Crippen LogP contribution in [0.3, 0.4) is 0 Å². The molecule has 2 amide bonds. The number of amides is 2. The maximum absolute atomic E-state index is 12.5. The predicted octanol–water partition coefficient (Wildman–Crippen LogP) is 2.44. The number of nitrogens with one attached hydrogen (secondary N) is 2. The van der Waals surface area contributed by atoms with Gasteiger partial charge in [0, 0.05) is 12.5 Å². The van der Waals surface area contributed by atoms with Crippen LogP contribution in [0.1, 0.15) is 17.0 Å². The summed E-state index contributed by atoms with van der Waals surface area (Å²) in [6.07, 6.45) is 1.52. The molecular weight excluding hydrogens is 398 g/mol. The molecule has 26 heavy (non-hydrogen) atoms. The summed E-state index contributed by atoms with van der Waals surface area (Å²) in [5.41, 5.74) is 4.21. The molecule has 0 saturated carbocycles. The lowest BCUT2D eigenvalue weighted by Gasteiger charge is -2.15. The molecule has 0 spiro atoms. The fourth-order valence-electron chi connectivity index (χ4n) is 2.94. The molecule has 1 fully saturated rings. The van der Waals surface area contributed by atoms with E-state index in [1.54, 1.807) is 13.2 Å². The quantitative estimate of drug-likeness (QED) is 0.447. The topological polar surface area (TPSA) is 79.8 Å². The normalized spacial score (nSPS) is 19.4. The second-order valence-corrected chi connectivity index (χ2v) is 6.72. The van der Waals surface area contributed by atoms with Gasteiger partial charge in [-0.15, -0.1) is 0 Å². The van der Waals surface area contributed by atoms with Gasteiger partial charge in [-0.3, -0.25) is 9.59 Å². The third-order valence-corrected chi connectivity index (χ3v) is 4.88. The largest absolute Gasteiger partial charge is 0.496 e. The van der Waals surface area contributed by atoms with Gasteiger partial charge >= 0.3 is 0 Å². The number of halogens is 1. The maximum atomic E-state index is 12.5. The first-order valence-electron chi connectivity index (χ1n) is 8.09. The van der Waals surface area contributed by atoms with Crippen LogP contribution in [-0.2, 0) is 9.59 Å². The molecule has 2 N–H and O–H groups in total. The second-order valence-electron chi connectivity index (χ2n) is 5.87. The minimum Gasteiger partial charge on any atom is -0.496 e. The molecule has 7 heteroatoms. The summed E-state index contributed by atoms with van der Waals surface area (Å²) in [6, 6.07) is 15.0. The highest BCUT2D eigenvalue weighted by molar-refractivity contribution is 9.10. The smallest absolute Gasteiger partial charge is 0.253 e. The third-order valence-electron chi connectivity index (χ3n) is 4.26. The van der Waals surface area contributed by atoms with Crippen molar-refractivity contribution < 1.29 is 14.3 Å². The average molecular weight is 416 g/mol. The summed E-state index contributed by atoms with van der Waals surface area (Å²) < 4.78 is 5.96. The van der Waals surface area contributed by atoms with E-state index in [1.807, 2.05) is 42.5 Å². The van der Waals surface area contributed by atoms with Crippen molar-refractivity contribution >= 4 is 34.0 Å². The third kappa shape index (κ3) is 3.94. The summed E-state index contributed by atoms with van der Waals surface area (Å²) >= 11 is 3.40. The van der Waals surface area contributed by atoms with Gasteiger partial charge in [0.1, 0.15) is 11.7 Å². The molecule has 2 aromatic rings. The van der Waals surface area contributed by atoms with E-state index in [-0.39, 0.29) is 11.8 Å². The number of methoxy groups -OCH3 is 1. The van der Waals surface area contributed by atoms with Crippen LogP contribution in [0.2, 0.25) is 0 Å². The highest BCUT2D eigenvalue weighted by Gasteiger charge is 2.40. The van der Waals surface area contributed by atoms with Crippen molar-refractivity contribution in [1.82, 2.24) is 10.7 Å². The zero-order valence-corrected chi connectivity index (χ0v) is 15.7. The molecule has 0 radical (unpaired) electrons. The van der Waals surface area contributed by atoms with Crippen molar-refractivity contribution in [2.24, 2.45) is 11.0 Å². The van der Waals surface area contributed by atoms with Crippen LogP contribution >= 0.6 is 15.9 Å². The summed E-state index contributed by atoms with van der Waals surface area (Å²) in [5, 5.41) is 6.73. The van der Waals surface area contributed by atoms with E-state index in [1.165, 1.54) is 6.21 Å². The van der Waals surface area contributed by atoms with E-state index < -0.39 is 11.8 Å². The number of hydrogen-bond donors (Lipinski definition) is 2. The van der Waals surface area contributed by atoms with Crippen LogP contribution in [0.4, 0.5) is 0 Å². The number of hydrogen-bond acceptors (Lipinski definition) is 4. The van der Waals surface area contributed by atoms with E-state index in [2.05, 4.69) is 31.8 Å². The van der Waals surface area contributed by atoms with Gasteiger partial charge in [0.05, 0.1) is 17.8 Å². The van der Waals surface area contributed by atoms with E-state index in [0.717, 1.165) is 15.6 Å². The predicted molar refractivity (Wildman–Crippen MR) is 102 cm³/mol. The first-order chi connectivity index (χ1) is 12.6. The lowest BCUT2D eigenvalue weighted by Crippen LogP contribution is -2.34. The maximum Gasteiger partial charge on any atom is 0.253 e. The first-order valence-corrected chi connectivity index (χ1v) is 8.88. The number of rotatable bonds is 5. The Morgan fingerprint density at radius 1 is 1.31 bits per heavy atom. The number of benzene rings is 2. The molecule has 1 aliphatic heterocycles. The van der Waals surface area contributed by atoms with E-state index in [4.69, 9.17) is 4.74 Å². The zero-order valence-electron chi connectivity index (χ0n) is 14.1. The molecule has 0 unspecified atom stereocenters. The monoisotopic (exact) mass is 415 g/mol. The molecule has 3 rings (SSSR count). The molecule has 0 bridgehead atoms. The fourth-order valence-corrected chi connectivity index (χ4v) is 3.49. The minimum atomic E-state index is -0.794. The van der Waals surface area contributed by atoms with E-state index >= 15 is 0 Å². The van der Waals surface area contributed by atoms with E-state index in [9.17, 15) is 9.59 Å². The molecule has 1 saturated heterocycles. The zero-order chi connectivity index (χ0) is 18.5. The summed E-state index contributed by atoms with van der Waals surface area (Å²) in [5.74, 6) is -0.984. The number of carbonyl (C=O) groups is 2.